The Balaban J connectivity index is 1.55. The molecule has 7 heteroatoms. The molecule has 3 aromatic rings. The molecule has 0 spiro atoms. The number of hydrogen-bond donors (Lipinski definition) is 1. The standard InChI is InChI=1S/C24H21FN4O2/c25-19-11-9-17(10-12-19)16-29-22(30)14-13-21(28-29)24(31)27-23(18-6-2-1-3-7-18)20-8-4-5-15-26-20/h1-12,15,23H,13-14,16H2,(H,27,31). The van der Waals surface area contributed by atoms with Crippen molar-refractivity contribution in [3.05, 3.63) is 102 Å². The SMILES string of the molecule is O=C(NC(c1ccccc1)c1ccccn1)C1=NN(Cc2ccc(F)cc2)C(=O)CC1. The highest BCUT2D eigenvalue weighted by Crippen LogP contribution is 2.21. The summed E-state index contributed by atoms with van der Waals surface area (Å²) < 4.78 is 13.1. The molecule has 1 aliphatic rings. The van der Waals surface area contributed by atoms with Crippen LogP contribution in [0.15, 0.2) is 84.1 Å². The van der Waals surface area contributed by atoms with E-state index in [1.807, 2.05) is 48.5 Å². The Labute approximate surface area is 179 Å². The van der Waals surface area contributed by atoms with Crippen molar-refractivity contribution in [2.24, 2.45) is 5.10 Å². The number of rotatable bonds is 6. The zero-order valence-electron chi connectivity index (χ0n) is 16.7. The summed E-state index contributed by atoms with van der Waals surface area (Å²) in [4.78, 5) is 29.7. The third-order valence-electron chi connectivity index (χ3n) is 5.00. The van der Waals surface area contributed by atoms with E-state index < -0.39 is 6.04 Å². The normalized spacial score (nSPS) is 14.7. The Morgan fingerprint density at radius 1 is 1.00 bits per heavy atom. The van der Waals surface area contributed by atoms with Crippen molar-refractivity contribution in [1.82, 2.24) is 15.3 Å². The molecule has 1 unspecified atom stereocenters. The molecule has 0 bridgehead atoms. The highest BCUT2D eigenvalue weighted by molar-refractivity contribution is 6.39. The van der Waals surface area contributed by atoms with E-state index in [4.69, 9.17) is 0 Å². The molecule has 31 heavy (non-hydrogen) atoms. The average Bonchev–Trinajstić information content (AvgIpc) is 2.81. The summed E-state index contributed by atoms with van der Waals surface area (Å²) in [5, 5.41) is 8.57. The van der Waals surface area contributed by atoms with E-state index in [0.717, 1.165) is 11.1 Å². The van der Waals surface area contributed by atoms with Crippen molar-refractivity contribution in [2.75, 3.05) is 0 Å². The van der Waals surface area contributed by atoms with Gasteiger partial charge < -0.3 is 5.32 Å². The minimum absolute atomic E-state index is 0.176. The van der Waals surface area contributed by atoms with Gasteiger partial charge in [0.15, 0.2) is 0 Å². The Morgan fingerprint density at radius 2 is 1.74 bits per heavy atom. The lowest BCUT2D eigenvalue weighted by Gasteiger charge is -2.25. The minimum Gasteiger partial charge on any atom is -0.338 e. The first-order chi connectivity index (χ1) is 15.1. The van der Waals surface area contributed by atoms with Gasteiger partial charge in [-0.2, -0.15) is 5.10 Å². The highest BCUT2D eigenvalue weighted by Gasteiger charge is 2.27. The summed E-state index contributed by atoms with van der Waals surface area (Å²) in [6, 6.07) is 20.5. The van der Waals surface area contributed by atoms with Gasteiger partial charge in [-0.15, -0.1) is 0 Å². The van der Waals surface area contributed by atoms with Crippen molar-refractivity contribution in [3.63, 3.8) is 0 Å². The number of nitrogens with one attached hydrogen (secondary N) is 1. The van der Waals surface area contributed by atoms with Crippen molar-refractivity contribution >= 4 is 17.5 Å². The minimum atomic E-state index is -0.444. The van der Waals surface area contributed by atoms with Crippen LogP contribution in [0, 0.1) is 5.82 Å². The Kier molecular flexibility index (Phi) is 6.12. The molecule has 1 atom stereocenters. The zero-order chi connectivity index (χ0) is 21.6. The number of amides is 2. The number of pyridine rings is 1. The average molecular weight is 416 g/mol. The Morgan fingerprint density at radius 3 is 2.45 bits per heavy atom. The number of hydrazone groups is 1. The fraction of sp³-hybridized carbons (Fsp3) is 0.167. The molecule has 0 radical (unpaired) electrons. The molecular weight excluding hydrogens is 395 g/mol. The number of hydrogen-bond acceptors (Lipinski definition) is 4. The molecule has 0 saturated carbocycles. The Hall–Kier alpha value is -3.87. The van der Waals surface area contributed by atoms with Crippen LogP contribution in [0.3, 0.4) is 0 Å². The molecule has 0 saturated heterocycles. The molecule has 6 nitrogen and oxygen atoms in total. The quantitative estimate of drug-likeness (QED) is 0.667. The van der Waals surface area contributed by atoms with Crippen molar-refractivity contribution in [1.29, 1.82) is 0 Å². The van der Waals surface area contributed by atoms with Crippen LogP contribution in [0.25, 0.3) is 0 Å². The van der Waals surface area contributed by atoms with Gasteiger partial charge in [-0.3, -0.25) is 14.6 Å². The Bertz CT molecular complexity index is 1050. The largest absolute Gasteiger partial charge is 0.338 e. The van der Waals surface area contributed by atoms with E-state index in [1.54, 1.807) is 18.3 Å². The predicted octanol–water partition coefficient (Wildman–Crippen LogP) is 3.60. The summed E-state index contributed by atoms with van der Waals surface area (Å²) >= 11 is 0. The van der Waals surface area contributed by atoms with Crippen molar-refractivity contribution in [2.45, 2.75) is 25.4 Å². The molecule has 4 rings (SSSR count). The molecule has 2 aromatic carbocycles. The number of nitrogens with zero attached hydrogens (tertiary/aromatic N) is 3. The third kappa shape index (κ3) is 5.01. The van der Waals surface area contributed by atoms with E-state index in [9.17, 15) is 14.0 Å². The first kappa shape index (κ1) is 20.4. The summed E-state index contributed by atoms with van der Waals surface area (Å²) in [6.07, 6.45) is 2.13. The predicted molar refractivity (Wildman–Crippen MR) is 114 cm³/mol. The molecule has 1 aliphatic heterocycles. The van der Waals surface area contributed by atoms with Crippen molar-refractivity contribution < 1.29 is 14.0 Å². The van der Waals surface area contributed by atoms with Crippen LogP contribution >= 0.6 is 0 Å². The molecule has 156 valence electrons. The highest BCUT2D eigenvalue weighted by atomic mass is 19.1. The monoisotopic (exact) mass is 416 g/mol. The summed E-state index contributed by atoms with van der Waals surface area (Å²) in [5.41, 5.74) is 2.61. The van der Waals surface area contributed by atoms with Crippen LogP contribution in [-0.4, -0.2) is 27.5 Å². The number of carbonyl (C=O) groups excluding carboxylic acids is 2. The number of halogens is 1. The third-order valence-corrected chi connectivity index (χ3v) is 5.00. The second-order valence-corrected chi connectivity index (χ2v) is 7.20. The van der Waals surface area contributed by atoms with E-state index in [0.29, 0.717) is 5.69 Å². The number of aromatic nitrogens is 1. The lowest BCUT2D eigenvalue weighted by molar-refractivity contribution is -0.132. The summed E-state index contributed by atoms with van der Waals surface area (Å²) in [5.74, 6) is -0.875. The van der Waals surface area contributed by atoms with Gasteiger partial charge in [0, 0.05) is 19.0 Å². The van der Waals surface area contributed by atoms with E-state index in [1.165, 1.54) is 17.1 Å². The van der Waals surface area contributed by atoms with E-state index in [2.05, 4.69) is 15.4 Å². The maximum absolute atomic E-state index is 13.1. The van der Waals surface area contributed by atoms with Gasteiger partial charge in [-0.05, 0) is 35.4 Å². The maximum Gasteiger partial charge on any atom is 0.268 e. The van der Waals surface area contributed by atoms with Crippen LogP contribution in [0.1, 0.15) is 35.7 Å². The van der Waals surface area contributed by atoms with Crippen LogP contribution in [0.2, 0.25) is 0 Å². The summed E-state index contributed by atoms with van der Waals surface area (Å²) in [6.45, 7) is 0.179. The molecule has 2 amide bonds. The lowest BCUT2D eigenvalue weighted by Crippen LogP contribution is -2.40. The number of carbonyl (C=O) groups is 2. The van der Waals surface area contributed by atoms with Gasteiger partial charge in [-0.25, -0.2) is 9.40 Å². The van der Waals surface area contributed by atoms with E-state index >= 15 is 0 Å². The molecule has 1 N–H and O–H groups in total. The maximum atomic E-state index is 13.1. The molecular formula is C24H21FN4O2. The van der Waals surface area contributed by atoms with Gasteiger partial charge in [0.2, 0.25) is 5.91 Å². The number of benzene rings is 2. The fourth-order valence-corrected chi connectivity index (χ4v) is 3.39. The first-order valence-corrected chi connectivity index (χ1v) is 9.99. The second-order valence-electron chi connectivity index (χ2n) is 7.20. The molecule has 0 aliphatic carbocycles. The van der Waals surface area contributed by atoms with E-state index in [-0.39, 0.29) is 42.7 Å². The summed E-state index contributed by atoms with van der Waals surface area (Å²) in [7, 11) is 0. The van der Waals surface area contributed by atoms with Crippen LogP contribution in [0.4, 0.5) is 4.39 Å². The topological polar surface area (TPSA) is 74.7 Å². The van der Waals surface area contributed by atoms with Gasteiger partial charge in [0.25, 0.3) is 5.91 Å². The second kappa shape index (κ2) is 9.30. The van der Waals surface area contributed by atoms with Crippen LogP contribution in [-0.2, 0) is 16.1 Å². The zero-order valence-corrected chi connectivity index (χ0v) is 16.7. The smallest absolute Gasteiger partial charge is 0.268 e. The first-order valence-electron chi connectivity index (χ1n) is 9.99. The molecule has 0 fully saturated rings. The van der Waals surface area contributed by atoms with Crippen LogP contribution in [0.5, 0.6) is 0 Å². The lowest BCUT2D eigenvalue weighted by atomic mass is 10.0. The van der Waals surface area contributed by atoms with Crippen LogP contribution < -0.4 is 5.32 Å². The van der Waals surface area contributed by atoms with Gasteiger partial charge in [0.1, 0.15) is 11.5 Å². The molecule has 1 aromatic heterocycles. The van der Waals surface area contributed by atoms with Gasteiger partial charge in [-0.1, -0.05) is 48.5 Å². The van der Waals surface area contributed by atoms with Crippen molar-refractivity contribution in [3.8, 4) is 0 Å². The van der Waals surface area contributed by atoms with Gasteiger partial charge >= 0.3 is 0 Å². The van der Waals surface area contributed by atoms with Gasteiger partial charge in [0.05, 0.1) is 18.3 Å². The fourth-order valence-electron chi connectivity index (χ4n) is 3.39. The molecule has 2 heterocycles.